The molecule has 0 bridgehead atoms. The van der Waals surface area contributed by atoms with Crippen molar-refractivity contribution in [1.29, 1.82) is 0 Å². The van der Waals surface area contributed by atoms with Crippen LogP contribution in [-0.4, -0.2) is 24.6 Å². The lowest BCUT2D eigenvalue weighted by Crippen LogP contribution is -2.32. The molecule has 0 fully saturated rings. The number of benzene rings is 1. The van der Waals surface area contributed by atoms with Crippen LogP contribution < -0.4 is 5.32 Å². The molecule has 0 radical (unpaired) electrons. The van der Waals surface area contributed by atoms with Crippen molar-refractivity contribution in [2.24, 2.45) is 0 Å². The lowest BCUT2D eigenvalue weighted by Gasteiger charge is -2.17. The molecule has 0 saturated carbocycles. The Morgan fingerprint density at radius 2 is 2.00 bits per heavy atom. The highest BCUT2D eigenvalue weighted by Gasteiger charge is 2.06. The van der Waals surface area contributed by atoms with E-state index in [1.54, 1.807) is 0 Å². The van der Waals surface area contributed by atoms with Gasteiger partial charge in [0, 0.05) is 11.8 Å². The maximum absolute atomic E-state index is 3.62. The second-order valence-electron chi connectivity index (χ2n) is 4.13. The zero-order valence-electron chi connectivity index (χ0n) is 10.4. The van der Waals surface area contributed by atoms with Crippen molar-refractivity contribution in [2.45, 2.75) is 32.2 Å². The van der Waals surface area contributed by atoms with Gasteiger partial charge in [-0.25, -0.2) is 0 Å². The van der Waals surface area contributed by atoms with Crippen LogP contribution in [0.2, 0.25) is 0 Å². The van der Waals surface area contributed by atoms with Gasteiger partial charge in [0.15, 0.2) is 0 Å². The maximum Gasteiger partial charge on any atom is 0.0161 e. The predicted molar refractivity (Wildman–Crippen MR) is 75.2 cm³/mol. The number of thioether (sulfide) groups is 1. The van der Waals surface area contributed by atoms with E-state index in [9.17, 15) is 0 Å². The number of hydrogen-bond acceptors (Lipinski definition) is 2. The molecule has 1 unspecified atom stereocenters. The molecule has 0 spiro atoms. The molecule has 0 aliphatic heterocycles. The minimum absolute atomic E-state index is 0.662. The highest BCUT2D eigenvalue weighted by Crippen LogP contribution is 2.08. The van der Waals surface area contributed by atoms with Crippen LogP contribution in [0.5, 0.6) is 0 Å². The van der Waals surface area contributed by atoms with Crippen LogP contribution in [0.1, 0.15) is 25.3 Å². The molecule has 0 aromatic heterocycles. The molecule has 0 amide bonds. The third kappa shape index (κ3) is 5.57. The van der Waals surface area contributed by atoms with Gasteiger partial charge in [0.1, 0.15) is 0 Å². The van der Waals surface area contributed by atoms with E-state index in [0.717, 1.165) is 6.54 Å². The summed E-state index contributed by atoms with van der Waals surface area (Å²) < 4.78 is 0. The smallest absolute Gasteiger partial charge is 0.0161 e. The third-order valence-corrected chi connectivity index (χ3v) is 3.41. The molecule has 1 aromatic rings. The van der Waals surface area contributed by atoms with Gasteiger partial charge in [-0.1, -0.05) is 37.3 Å². The number of hydrogen-bond donors (Lipinski definition) is 1. The molecule has 1 aromatic carbocycles. The van der Waals surface area contributed by atoms with E-state index in [-0.39, 0.29) is 0 Å². The van der Waals surface area contributed by atoms with Crippen LogP contribution in [0.4, 0.5) is 0 Å². The maximum atomic E-state index is 3.62. The highest BCUT2D eigenvalue weighted by molar-refractivity contribution is 7.98. The fourth-order valence-electron chi connectivity index (χ4n) is 1.78. The fraction of sp³-hybridized carbons (Fsp3) is 0.571. The van der Waals surface area contributed by atoms with Gasteiger partial charge in [-0.2, -0.15) is 11.8 Å². The van der Waals surface area contributed by atoms with Gasteiger partial charge in [-0.05, 0) is 37.6 Å². The summed E-state index contributed by atoms with van der Waals surface area (Å²) in [7, 11) is 0. The first-order chi connectivity index (χ1) is 7.86. The molecule has 16 heavy (non-hydrogen) atoms. The summed E-state index contributed by atoms with van der Waals surface area (Å²) in [6.45, 7) is 3.36. The standard InChI is InChI=1S/C14H23NS/c1-3-11-15-14(12-16-2)10-9-13-7-5-4-6-8-13/h4-8,14-15H,3,9-12H2,1-2H3. The van der Waals surface area contributed by atoms with Crippen LogP contribution in [0.15, 0.2) is 30.3 Å². The quantitative estimate of drug-likeness (QED) is 0.744. The fourth-order valence-corrected chi connectivity index (χ4v) is 2.47. The van der Waals surface area contributed by atoms with Gasteiger partial charge in [0.25, 0.3) is 0 Å². The van der Waals surface area contributed by atoms with Crippen LogP contribution in [0.3, 0.4) is 0 Å². The van der Waals surface area contributed by atoms with Gasteiger partial charge in [0.05, 0.1) is 0 Å². The monoisotopic (exact) mass is 237 g/mol. The van der Waals surface area contributed by atoms with Crippen molar-refractivity contribution in [2.75, 3.05) is 18.6 Å². The summed E-state index contributed by atoms with van der Waals surface area (Å²) >= 11 is 1.93. The van der Waals surface area contributed by atoms with Crippen LogP contribution in [0.25, 0.3) is 0 Å². The Kier molecular flexibility index (Phi) is 7.35. The van der Waals surface area contributed by atoms with Crippen LogP contribution in [-0.2, 0) is 6.42 Å². The summed E-state index contributed by atoms with van der Waals surface area (Å²) in [4.78, 5) is 0. The minimum atomic E-state index is 0.662. The number of rotatable bonds is 8. The Bertz CT molecular complexity index is 261. The summed E-state index contributed by atoms with van der Waals surface area (Å²) in [6.07, 6.45) is 5.83. The molecule has 0 saturated heterocycles. The van der Waals surface area contributed by atoms with Crippen molar-refractivity contribution in [3.8, 4) is 0 Å². The van der Waals surface area contributed by atoms with E-state index in [1.165, 1.54) is 30.6 Å². The van der Waals surface area contributed by atoms with E-state index in [2.05, 4.69) is 48.8 Å². The number of aryl methyl sites for hydroxylation is 1. The summed E-state index contributed by atoms with van der Waals surface area (Å²) in [5.41, 5.74) is 1.45. The first kappa shape index (κ1) is 13.6. The first-order valence-corrected chi connectivity index (χ1v) is 7.52. The highest BCUT2D eigenvalue weighted by atomic mass is 32.2. The van der Waals surface area contributed by atoms with Gasteiger partial charge in [-0.15, -0.1) is 0 Å². The zero-order valence-corrected chi connectivity index (χ0v) is 11.2. The SMILES string of the molecule is CCCNC(CCc1ccccc1)CSC. The molecule has 1 nitrogen and oxygen atoms in total. The minimum Gasteiger partial charge on any atom is -0.313 e. The molecular weight excluding hydrogens is 214 g/mol. The third-order valence-electron chi connectivity index (χ3n) is 2.68. The van der Waals surface area contributed by atoms with E-state index >= 15 is 0 Å². The molecular formula is C14H23NS. The average molecular weight is 237 g/mol. The van der Waals surface area contributed by atoms with Crippen molar-refractivity contribution in [3.05, 3.63) is 35.9 Å². The van der Waals surface area contributed by atoms with E-state index < -0.39 is 0 Å². The van der Waals surface area contributed by atoms with Crippen LogP contribution in [0, 0.1) is 0 Å². The number of nitrogens with one attached hydrogen (secondary N) is 1. The summed E-state index contributed by atoms with van der Waals surface area (Å²) in [6, 6.07) is 11.4. The second-order valence-corrected chi connectivity index (χ2v) is 5.04. The van der Waals surface area contributed by atoms with Crippen LogP contribution >= 0.6 is 11.8 Å². The van der Waals surface area contributed by atoms with Crippen molar-refractivity contribution in [1.82, 2.24) is 5.32 Å². The largest absolute Gasteiger partial charge is 0.313 e. The van der Waals surface area contributed by atoms with Crippen molar-refractivity contribution in [3.63, 3.8) is 0 Å². The molecule has 0 aliphatic carbocycles. The lowest BCUT2D eigenvalue weighted by molar-refractivity contribution is 0.520. The first-order valence-electron chi connectivity index (χ1n) is 6.13. The molecule has 0 heterocycles. The lowest BCUT2D eigenvalue weighted by atomic mass is 10.1. The molecule has 1 N–H and O–H groups in total. The summed E-state index contributed by atoms with van der Waals surface area (Å²) in [5, 5.41) is 3.62. The van der Waals surface area contributed by atoms with Gasteiger partial charge < -0.3 is 5.32 Å². The average Bonchev–Trinajstić information content (AvgIpc) is 2.34. The summed E-state index contributed by atoms with van der Waals surface area (Å²) in [5.74, 6) is 1.22. The topological polar surface area (TPSA) is 12.0 Å². The van der Waals surface area contributed by atoms with E-state index in [4.69, 9.17) is 0 Å². The normalized spacial score (nSPS) is 12.6. The molecule has 90 valence electrons. The predicted octanol–water partition coefficient (Wildman–Crippen LogP) is 3.35. The van der Waals surface area contributed by atoms with Gasteiger partial charge in [-0.3, -0.25) is 0 Å². The van der Waals surface area contributed by atoms with E-state index in [0.29, 0.717) is 6.04 Å². The molecule has 1 rings (SSSR count). The molecule has 0 aliphatic rings. The van der Waals surface area contributed by atoms with Crippen molar-refractivity contribution >= 4 is 11.8 Å². The Balaban J connectivity index is 2.31. The Morgan fingerprint density at radius 1 is 1.25 bits per heavy atom. The Hall–Kier alpha value is -0.470. The van der Waals surface area contributed by atoms with Gasteiger partial charge in [0.2, 0.25) is 0 Å². The van der Waals surface area contributed by atoms with Gasteiger partial charge >= 0.3 is 0 Å². The molecule has 2 heteroatoms. The van der Waals surface area contributed by atoms with Crippen molar-refractivity contribution < 1.29 is 0 Å². The second kappa shape index (κ2) is 8.66. The van der Waals surface area contributed by atoms with E-state index in [1.807, 2.05) is 11.8 Å². The Labute approximate surface area is 104 Å². The molecule has 1 atom stereocenters. The Morgan fingerprint density at radius 3 is 2.62 bits per heavy atom. The zero-order chi connectivity index (χ0) is 11.6.